The molecule has 0 fully saturated rings. The van der Waals surface area contributed by atoms with E-state index in [0.29, 0.717) is 23.7 Å². The van der Waals surface area contributed by atoms with Gasteiger partial charge in [-0.1, -0.05) is 6.07 Å². The predicted octanol–water partition coefficient (Wildman–Crippen LogP) is 3.26. The molecule has 4 rings (SSSR count). The Balaban J connectivity index is 1.57. The van der Waals surface area contributed by atoms with Crippen LogP contribution in [0.3, 0.4) is 0 Å². The first-order valence-corrected chi connectivity index (χ1v) is 8.46. The number of carbonyl (C=O) groups excluding carboxylic acids is 1. The number of fused-ring (bicyclic) bond motifs is 1. The summed E-state index contributed by atoms with van der Waals surface area (Å²) in [6, 6.07) is 11.0. The Bertz CT molecular complexity index is 1100. The Morgan fingerprint density at radius 2 is 2.15 bits per heavy atom. The van der Waals surface area contributed by atoms with Crippen LogP contribution in [0.1, 0.15) is 21.7 Å². The van der Waals surface area contributed by atoms with Crippen LogP contribution in [0.25, 0.3) is 16.8 Å². The fraction of sp³-hybridized carbons (Fsp3) is 0.150. The van der Waals surface area contributed by atoms with Gasteiger partial charge in [-0.2, -0.15) is 5.10 Å². The van der Waals surface area contributed by atoms with Crippen LogP contribution in [0.5, 0.6) is 5.75 Å². The van der Waals surface area contributed by atoms with Crippen molar-refractivity contribution in [3.63, 3.8) is 0 Å². The molecule has 1 N–H and O–H groups in total. The van der Waals surface area contributed by atoms with Gasteiger partial charge in [-0.05, 0) is 37.3 Å². The van der Waals surface area contributed by atoms with E-state index in [0.717, 1.165) is 22.3 Å². The molecule has 0 aliphatic rings. The van der Waals surface area contributed by atoms with Crippen molar-refractivity contribution in [1.29, 1.82) is 0 Å². The summed E-state index contributed by atoms with van der Waals surface area (Å²) in [5, 5.41) is 7.97. The lowest BCUT2D eigenvalue weighted by Crippen LogP contribution is -2.24. The van der Waals surface area contributed by atoms with Crippen LogP contribution in [0.2, 0.25) is 0 Å². The number of nitrogens with one attached hydrogen (secondary N) is 1. The number of nitrogens with zero attached hydrogens (tertiary/aromatic N) is 3. The first-order chi connectivity index (χ1) is 13.2. The highest BCUT2D eigenvalue weighted by Crippen LogP contribution is 2.28. The van der Waals surface area contributed by atoms with Gasteiger partial charge in [-0.15, -0.1) is 0 Å². The molecule has 136 valence electrons. The van der Waals surface area contributed by atoms with E-state index in [1.54, 1.807) is 36.3 Å². The maximum Gasteiger partial charge on any atom is 0.287 e. The first kappa shape index (κ1) is 16.8. The van der Waals surface area contributed by atoms with Gasteiger partial charge in [0.1, 0.15) is 11.3 Å². The lowest BCUT2D eigenvalue weighted by Gasteiger charge is -2.09. The summed E-state index contributed by atoms with van der Waals surface area (Å²) in [5.74, 6) is 1.41. The van der Waals surface area contributed by atoms with Crippen molar-refractivity contribution in [1.82, 2.24) is 20.1 Å². The van der Waals surface area contributed by atoms with Gasteiger partial charge in [0, 0.05) is 41.6 Å². The Kier molecular flexibility index (Phi) is 4.33. The van der Waals surface area contributed by atoms with Gasteiger partial charge in [-0.3, -0.25) is 4.79 Å². The lowest BCUT2D eigenvalue weighted by molar-refractivity contribution is 0.0924. The van der Waals surface area contributed by atoms with Crippen molar-refractivity contribution < 1.29 is 13.9 Å². The number of aryl methyl sites for hydroxylation is 1. The van der Waals surface area contributed by atoms with Crippen molar-refractivity contribution in [3.8, 4) is 11.6 Å². The average Bonchev–Trinajstić information content (AvgIpc) is 3.34. The van der Waals surface area contributed by atoms with Crippen LogP contribution in [0, 0.1) is 6.92 Å². The van der Waals surface area contributed by atoms with Gasteiger partial charge in [0.25, 0.3) is 5.91 Å². The summed E-state index contributed by atoms with van der Waals surface area (Å²) in [5.41, 5.74) is 2.28. The minimum atomic E-state index is -0.280. The maximum atomic E-state index is 12.7. The SMILES string of the molecule is COc1ccc2oc(C(=O)NCc3cccnc3-n3cccn3)c(C)c2c1. The molecule has 3 aromatic heterocycles. The summed E-state index contributed by atoms with van der Waals surface area (Å²) < 4.78 is 12.7. The van der Waals surface area contributed by atoms with E-state index in [1.807, 2.05) is 37.4 Å². The Hall–Kier alpha value is -3.61. The molecule has 3 heterocycles. The van der Waals surface area contributed by atoms with Crippen LogP contribution >= 0.6 is 0 Å². The van der Waals surface area contributed by atoms with Crippen LogP contribution in [-0.4, -0.2) is 27.8 Å². The molecule has 0 bridgehead atoms. The maximum absolute atomic E-state index is 12.7. The molecule has 1 aromatic carbocycles. The molecule has 0 radical (unpaired) electrons. The van der Waals surface area contributed by atoms with Gasteiger partial charge in [0.05, 0.1) is 7.11 Å². The fourth-order valence-corrected chi connectivity index (χ4v) is 2.97. The number of aromatic nitrogens is 3. The third kappa shape index (κ3) is 3.15. The number of carbonyl (C=O) groups is 1. The average molecular weight is 362 g/mol. The summed E-state index contributed by atoms with van der Waals surface area (Å²) in [6.07, 6.45) is 5.19. The quantitative estimate of drug-likeness (QED) is 0.589. The van der Waals surface area contributed by atoms with E-state index >= 15 is 0 Å². The molecule has 0 aliphatic carbocycles. The molecule has 1 amide bonds. The minimum Gasteiger partial charge on any atom is -0.497 e. The predicted molar refractivity (Wildman–Crippen MR) is 100 cm³/mol. The highest BCUT2D eigenvalue weighted by molar-refractivity contribution is 5.99. The van der Waals surface area contributed by atoms with Crippen molar-refractivity contribution >= 4 is 16.9 Å². The van der Waals surface area contributed by atoms with E-state index in [2.05, 4.69) is 15.4 Å². The van der Waals surface area contributed by atoms with E-state index in [-0.39, 0.29) is 5.91 Å². The van der Waals surface area contributed by atoms with Gasteiger partial charge in [0.15, 0.2) is 11.6 Å². The van der Waals surface area contributed by atoms with Gasteiger partial charge >= 0.3 is 0 Å². The second-order valence-electron chi connectivity index (χ2n) is 6.04. The minimum absolute atomic E-state index is 0.280. The van der Waals surface area contributed by atoms with Gasteiger partial charge in [0.2, 0.25) is 0 Å². The molecule has 0 spiro atoms. The summed E-state index contributed by atoms with van der Waals surface area (Å²) >= 11 is 0. The number of pyridine rings is 1. The molecule has 0 saturated heterocycles. The van der Waals surface area contributed by atoms with E-state index in [4.69, 9.17) is 9.15 Å². The van der Waals surface area contributed by atoms with E-state index in [9.17, 15) is 4.79 Å². The fourth-order valence-electron chi connectivity index (χ4n) is 2.97. The molecule has 7 heteroatoms. The molecule has 0 saturated carbocycles. The molecule has 0 aliphatic heterocycles. The zero-order valence-corrected chi connectivity index (χ0v) is 15.0. The third-order valence-corrected chi connectivity index (χ3v) is 4.38. The highest BCUT2D eigenvalue weighted by atomic mass is 16.5. The second kappa shape index (κ2) is 6.95. The first-order valence-electron chi connectivity index (χ1n) is 8.46. The number of benzene rings is 1. The molecule has 7 nitrogen and oxygen atoms in total. The number of rotatable bonds is 5. The van der Waals surface area contributed by atoms with Crippen LogP contribution < -0.4 is 10.1 Å². The Morgan fingerprint density at radius 1 is 1.26 bits per heavy atom. The summed E-state index contributed by atoms with van der Waals surface area (Å²) in [7, 11) is 1.61. The Morgan fingerprint density at radius 3 is 2.93 bits per heavy atom. The molecule has 0 unspecified atom stereocenters. The van der Waals surface area contributed by atoms with Crippen molar-refractivity contribution in [2.75, 3.05) is 7.11 Å². The largest absolute Gasteiger partial charge is 0.497 e. The number of amides is 1. The number of ether oxygens (including phenoxy) is 1. The standard InChI is InChI=1S/C20H18N4O3/c1-13-16-11-15(26-2)6-7-17(16)27-18(13)20(25)22-12-14-5-3-8-21-19(14)24-10-4-9-23-24/h3-11H,12H2,1-2H3,(H,22,25). The van der Waals surface area contributed by atoms with Gasteiger partial charge < -0.3 is 14.5 Å². The zero-order valence-electron chi connectivity index (χ0n) is 15.0. The summed E-state index contributed by atoms with van der Waals surface area (Å²) in [4.78, 5) is 17.0. The number of hydrogen-bond acceptors (Lipinski definition) is 5. The molecular formula is C20H18N4O3. The summed E-state index contributed by atoms with van der Waals surface area (Å²) in [6.45, 7) is 2.17. The monoisotopic (exact) mass is 362 g/mol. The van der Waals surface area contributed by atoms with Crippen molar-refractivity contribution in [3.05, 3.63) is 71.9 Å². The van der Waals surface area contributed by atoms with Crippen LogP contribution in [0.4, 0.5) is 0 Å². The lowest BCUT2D eigenvalue weighted by atomic mass is 10.1. The van der Waals surface area contributed by atoms with Crippen LogP contribution in [0.15, 0.2) is 59.4 Å². The number of methoxy groups -OCH3 is 1. The molecule has 0 atom stereocenters. The molecule has 27 heavy (non-hydrogen) atoms. The van der Waals surface area contributed by atoms with Crippen molar-refractivity contribution in [2.45, 2.75) is 13.5 Å². The third-order valence-electron chi connectivity index (χ3n) is 4.38. The Labute approximate surface area is 155 Å². The smallest absolute Gasteiger partial charge is 0.287 e. The van der Waals surface area contributed by atoms with E-state index in [1.165, 1.54) is 0 Å². The second-order valence-corrected chi connectivity index (χ2v) is 6.04. The van der Waals surface area contributed by atoms with Gasteiger partial charge in [-0.25, -0.2) is 9.67 Å². The normalized spacial score (nSPS) is 10.9. The van der Waals surface area contributed by atoms with Crippen molar-refractivity contribution in [2.24, 2.45) is 0 Å². The molecular weight excluding hydrogens is 344 g/mol. The van der Waals surface area contributed by atoms with Crippen LogP contribution in [-0.2, 0) is 6.54 Å². The highest BCUT2D eigenvalue weighted by Gasteiger charge is 2.18. The zero-order chi connectivity index (χ0) is 18.8. The number of furan rings is 1. The molecule has 4 aromatic rings. The number of hydrogen-bond donors (Lipinski definition) is 1. The van der Waals surface area contributed by atoms with E-state index < -0.39 is 0 Å². The topological polar surface area (TPSA) is 82.2 Å².